The maximum atomic E-state index is 10.4. The summed E-state index contributed by atoms with van der Waals surface area (Å²) in [4.78, 5) is 0. The van der Waals surface area contributed by atoms with Crippen LogP contribution in [0.2, 0.25) is 0 Å². The normalized spacial score (nSPS) is 14.6. The second kappa shape index (κ2) is 8.40. The van der Waals surface area contributed by atoms with Crippen LogP contribution in [0.1, 0.15) is 50.0 Å². The molecule has 114 valence electrons. The van der Waals surface area contributed by atoms with E-state index in [1.54, 1.807) is 0 Å². The van der Waals surface area contributed by atoms with Gasteiger partial charge in [0, 0.05) is 12.6 Å². The minimum atomic E-state index is -0.471. The molecule has 0 fully saturated rings. The van der Waals surface area contributed by atoms with E-state index in [0.717, 1.165) is 30.7 Å². The summed E-state index contributed by atoms with van der Waals surface area (Å²) < 4.78 is 5.50. The molecule has 0 bridgehead atoms. The minimum Gasteiger partial charge on any atom is -0.387 e. The van der Waals surface area contributed by atoms with Crippen LogP contribution in [0.5, 0.6) is 0 Å². The van der Waals surface area contributed by atoms with Crippen molar-refractivity contribution in [3.63, 3.8) is 0 Å². The molecule has 2 unspecified atom stereocenters. The SMILES string of the molecule is Cc1ccc(C(O)C(C)NCCCOC(C)C)c(C)c1. The Bertz CT molecular complexity index is 404. The monoisotopic (exact) mass is 279 g/mol. The van der Waals surface area contributed by atoms with Crippen LogP contribution in [0.25, 0.3) is 0 Å². The minimum absolute atomic E-state index is 0.0375. The molecule has 3 nitrogen and oxygen atoms in total. The van der Waals surface area contributed by atoms with Gasteiger partial charge in [-0.3, -0.25) is 0 Å². The number of benzene rings is 1. The van der Waals surface area contributed by atoms with E-state index in [-0.39, 0.29) is 12.1 Å². The lowest BCUT2D eigenvalue weighted by molar-refractivity contribution is 0.0746. The lowest BCUT2D eigenvalue weighted by Crippen LogP contribution is -2.33. The lowest BCUT2D eigenvalue weighted by Gasteiger charge is -2.22. The maximum Gasteiger partial charge on any atom is 0.0942 e. The van der Waals surface area contributed by atoms with Crippen LogP contribution >= 0.6 is 0 Å². The van der Waals surface area contributed by atoms with Gasteiger partial charge in [-0.1, -0.05) is 23.8 Å². The molecule has 0 spiro atoms. The fraction of sp³-hybridized carbons (Fsp3) is 0.647. The van der Waals surface area contributed by atoms with Gasteiger partial charge in [0.15, 0.2) is 0 Å². The summed E-state index contributed by atoms with van der Waals surface area (Å²) >= 11 is 0. The summed E-state index contributed by atoms with van der Waals surface area (Å²) in [5, 5.41) is 13.8. The van der Waals surface area contributed by atoms with Crippen molar-refractivity contribution in [2.24, 2.45) is 0 Å². The zero-order valence-electron chi connectivity index (χ0n) is 13.4. The molecule has 0 aromatic heterocycles. The van der Waals surface area contributed by atoms with Crippen molar-refractivity contribution in [3.8, 4) is 0 Å². The Kier molecular flexibility index (Phi) is 7.20. The molecule has 0 aliphatic carbocycles. The average molecular weight is 279 g/mol. The van der Waals surface area contributed by atoms with Crippen molar-refractivity contribution in [2.75, 3.05) is 13.2 Å². The van der Waals surface area contributed by atoms with Crippen molar-refractivity contribution in [1.29, 1.82) is 0 Å². The number of nitrogens with one attached hydrogen (secondary N) is 1. The predicted octanol–water partition coefficient (Wildman–Crippen LogP) is 3.13. The number of hydrogen-bond donors (Lipinski definition) is 2. The molecule has 0 heterocycles. The number of aliphatic hydroxyl groups excluding tert-OH is 1. The van der Waals surface area contributed by atoms with E-state index in [2.05, 4.69) is 31.3 Å². The highest BCUT2D eigenvalue weighted by Crippen LogP contribution is 2.21. The quantitative estimate of drug-likeness (QED) is 0.718. The fourth-order valence-electron chi connectivity index (χ4n) is 2.26. The van der Waals surface area contributed by atoms with E-state index in [0.29, 0.717) is 0 Å². The largest absolute Gasteiger partial charge is 0.387 e. The van der Waals surface area contributed by atoms with Gasteiger partial charge in [-0.25, -0.2) is 0 Å². The molecule has 1 rings (SSSR count). The topological polar surface area (TPSA) is 41.5 Å². The van der Waals surface area contributed by atoms with Gasteiger partial charge in [-0.15, -0.1) is 0 Å². The third kappa shape index (κ3) is 5.61. The van der Waals surface area contributed by atoms with Gasteiger partial charge in [0.25, 0.3) is 0 Å². The molecule has 2 N–H and O–H groups in total. The third-order valence-electron chi connectivity index (χ3n) is 3.46. The van der Waals surface area contributed by atoms with Crippen molar-refractivity contribution >= 4 is 0 Å². The second-order valence-corrected chi connectivity index (χ2v) is 5.82. The molecular formula is C17H29NO2. The first-order valence-electron chi connectivity index (χ1n) is 7.52. The van der Waals surface area contributed by atoms with Crippen LogP contribution in [-0.4, -0.2) is 30.4 Å². The predicted molar refractivity (Wildman–Crippen MR) is 84.0 cm³/mol. The van der Waals surface area contributed by atoms with Crippen LogP contribution in [-0.2, 0) is 4.74 Å². The Hall–Kier alpha value is -0.900. The Morgan fingerprint density at radius 3 is 2.50 bits per heavy atom. The molecule has 3 heteroatoms. The van der Waals surface area contributed by atoms with Gasteiger partial charge in [0.2, 0.25) is 0 Å². The molecular weight excluding hydrogens is 250 g/mol. The van der Waals surface area contributed by atoms with E-state index in [1.165, 1.54) is 5.56 Å². The smallest absolute Gasteiger partial charge is 0.0942 e. The second-order valence-electron chi connectivity index (χ2n) is 5.82. The van der Waals surface area contributed by atoms with Gasteiger partial charge < -0.3 is 15.2 Å². The highest BCUT2D eigenvalue weighted by Gasteiger charge is 2.17. The molecule has 2 atom stereocenters. The number of ether oxygens (including phenoxy) is 1. The molecule has 1 aromatic carbocycles. The average Bonchev–Trinajstić information content (AvgIpc) is 2.37. The maximum absolute atomic E-state index is 10.4. The first-order chi connectivity index (χ1) is 9.41. The van der Waals surface area contributed by atoms with E-state index >= 15 is 0 Å². The first kappa shape index (κ1) is 17.2. The Labute approximate surface area is 123 Å². The zero-order chi connectivity index (χ0) is 15.1. The Morgan fingerprint density at radius 1 is 1.20 bits per heavy atom. The van der Waals surface area contributed by atoms with Gasteiger partial charge in [-0.05, 0) is 58.7 Å². The van der Waals surface area contributed by atoms with Crippen LogP contribution in [0.15, 0.2) is 18.2 Å². The number of rotatable bonds is 8. The number of hydrogen-bond acceptors (Lipinski definition) is 3. The molecule has 0 saturated carbocycles. The van der Waals surface area contributed by atoms with E-state index in [9.17, 15) is 5.11 Å². The molecule has 1 aromatic rings. The summed E-state index contributed by atoms with van der Waals surface area (Å²) in [6, 6.07) is 6.22. The van der Waals surface area contributed by atoms with Crippen molar-refractivity contribution in [1.82, 2.24) is 5.32 Å². The van der Waals surface area contributed by atoms with E-state index < -0.39 is 6.10 Å². The van der Waals surface area contributed by atoms with E-state index in [1.807, 2.05) is 26.8 Å². The van der Waals surface area contributed by atoms with Crippen LogP contribution in [0.4, 0.5) is 0 Å². The van der Waals surface area contributed by atoms with Gasteiger partial charge in [0.05, 0.1) is 12.2 Å². The Balaban J connectivity index is 2.40. The molecule has 0 aliphatic heterocycles. The van der Waals surface area contributed by atoms with Crippen molar-refractivity contribution in [3.05, 3.63) is 34.9 Å². The molecule has 0 radical (unpaired) electrons. The summed E-state index contributed by atoms with van der Waals surface area (Å²) in [5.41, 5.74) is 3.38. The van der Waals surface area contributed by atoms with Crippen LogP contribution in [0.3, 0.4) is 0 Å². The van der Waals surface area contributed by atoms with Crippen molar-refractivity contribution in [2.45, 2.75) is 59.3 Å². The van der Waals surface area contributed by atoms with Gasteiger partial charge in [-0.2, -0.15) is 0 Å². The van der Waals surface area contributed by atoms with Crippen molar-refractivity contribution < 1.29 is 9.84 Å². The van der Waals surface area contributed by atoms with E-state index in [4.69, 9.17) is 4.74 Å². The summed E-state index contributed by atoms with van der Waals surface area (Å²) in [5.74, 6) is 0. The third-order valence-corrected chi connectivity index (χ3v) is 3.46. The highest BCUT2D eigenvalue weighted by molar-refractivity contribution is 5.32. The van der Waals surface area contributed by atoms with Gasteiger partial charge in [0.1, 0.15) is 0 Å². The first-order valence-corrected chi connectivity index (χ1v) is 7.52. The molecule has 20 heavy (non-hydrogen) atoms. The lowest BCUT2D eigenvalue weighted by atomic mass is 9.97. The van der Waals surface area contributed by atoms with Gasteiger partial charge >= 0.3 is 0 Å². The summed E-state index contributed by atoms with van der Waals surface area (Å²) in [6.45, 7) is 11.8. The highest BCUT2D eigenvalue weighted by atomic mass is 16.5. The van der Waals surface area contributed by atoms with Crippen LogP contribution < -0.4 is 5.32 Å². The van der Waals surface area contributed by atoms with Crippen LogP contribution in [0, 0.1) is 13.8 Å². The summed E-state index contributed by atoms with van der Waals surface area (Å²) in [7, 11) is 0. The number of aliphatic hydroxyl groups is 1. The summed E-state index contributed by atoms with van der Waals surface area (Å²) in [6.07, 6.45) is 0.775. The zero-order valence-corrected chi connectivity index (χ0v) is 13.4. The Morgan fingerprint density at radius 2 is 1.90 bits per heavy atom. The molecule has 0 amide bonds. The fourth-order valence-corrected chi connectivity index (χ4v) is 2.26. The molecule has 0 saturated heterocycles. The standard InChI is InChI=1S/C17H29NO2/c1-12(2)20-10-6-9-18-15(5)17(19)16-8-7-13(3)11-14(16)4/h7-8,11-12,15,17-19H,6,9-10H2,1-5H3. The number of aryl methyl sites for hydroxylation is 2. The molecule has 0 aliphatic rings.